The summed E-state index contributed by atoms with van der Waals surface area (Å²) >= 11 is 0. The minimum absolute atomic E-state index is 0.345. The maximum atomic E-state index is 11.3. The van der Waals surface area contributed by atoms with E-state index >= 15 is 0 Å². The van der Waals surface area contributed by atoms with Crippen molar-refractivity contribution in [3.8, 4) is 0 Å². The van der Waals surface area contributed by atoms with Crippen LogP contribution in [0.1, 0.15) is 23.6 Å². The molecule has 3 nitrogen and oxygen atoms in total. The van der Waals surface area contributed by atoms with E-state index in [0.29, 0.717) is 13.2 Å². The van der Waals surface area contributed by atoms with Gasteiger partial charge in [-0.1, -0.05) is 30.7 Å². The number of carboxylic acid groups (broad SMARTS) is 1. The second-order valence-corrected chi connectivity index (χ2v) is 5.03. The van der Waals surface area contributed by atoms with E-state index in [4.69, 9.17) is 4.74 Å². The van der Waals surface area contributed by atoms with Crippen molar-refractivity contribution in [2.24, 2.45) is 5.92 Å². The molecule has 0 radical (unpaired) electrons. The van der Waals surface area contributed by atoms with E-state index in [1.54, 1.807) is 6.92 Å². The van der Waals surface area contributed by atoms with Gasteiger partial charge in [0.1, 0.15) is 0 Å². The van der Waals surface area contributed by atoms with Gasteiger partial charge < -0.3 is 9.84 Å². The number of rotatable bonds is 3. The molecule has 1 atom stereocenters. The van der Waals surface area contributed by atoms with Crippen LogP contribution < -0.4 is 0 Å². The number of carboxylic acids is 1. The molecule has 0 bridgehead atoms. The van der Waals surface area contributed by atoms with Gasteiger partial charge in [0.15, 0.2) is 0 Å². The molecule has 3 heteroatoms. The third-order valence-electron chi connectivity index (χ3n) is 3.85. The molecular formula is C14H18O3. The quantitative estimate of drug-likeness (QED) is 0.872. The number of carbonyl (C=O) groups is 1. The monoisotopic (exact) mass is 234 g/mol. The van der Waals surface area contributed by atoms with Crippen LogP contribution in [0.15, 0.2) is 18.2 Å². The maximum absolute atomic E-state index is 11.3. The Kier molecular flexibility index (Phi) is 2.96. The molecule has 1 saturated heterocycles. The predicted octanol–water partition coefficient (Wildman–Crippen LogP) is 2.29. The Morgan fingerprint density at radius 3 is 2.53 bits per heavy atom. The normalized spacial score (nSPS) is 19.5. The summed E-state index contributed by atoms with van der Waals surface area (Å²) in [4.78, 5) is 11.3. The highest BCUT2D eigenvalue weighted by molar-refractivity contribution is 5.72. The summed E-state index contributed by atoms with van der Waals surface area (Å²) in [5.74, 6) is -1.18. The van der Waals surface area contributed by atoms with Crippen molar-refractivity contribution in [2.75, 3.05) is 13.2 Å². The van der Waals surface area contributed by atoms with Gasteiger partial charge in [0.25, 0.3) is 0 Å². The fourth-order valence-electron chi connectivity index (χ4n) is 2.47. The van der Waals surface area contributed by atoms with Gasteiger partial charge in [0, 0.05) is 0 Å². The lowest BCUT2D eigenvalue weighted by Crippen LogP contribution is -2.54. The van der Waals surface area contributed by atoms with Gasteiger partial charge in [-0.15, -0.1) is 0 Å². The molecule has 0 spiro atoms. The lowest BCUT2D eigenvalue weighted by atomic mass is 9.68. The fourth-order valence-corrected chi connectivity index (χ4v) is 2.47. The smallest absolute Gasteiger partial charge is 0.307 e. The first-order valence-corrected chi connectivity index (χ1v) is 5.85. The molecule has 1 aliphatic heterocycles. The number of aryl methyl sites for hydroxylation is 2. The van der Waals surface area contributed by atoms with Crippen LogP contribution in [0.25, 0.3) is 0 Å². The highest BCUT2D eigenvalue weighted by Crippen LogP contribution is 2.41. The first-order valence-electron chi connectivity index (χ1n) is 5.85. The van der Waals surface area contributed by atoms with E-state index in [1.165, 1.54) is 0 Å². The lowest BCUT2D eigenvalue weighted by molar-refractivity contribution is -0.155. The zero-order valence-corrected chi connectivity index (χ0v) is 10.5. The van der Waals surface area contributed by atoms with Crippen molar-refractivity contribution in [1.29, 1.82) is 0 Å². The summed E-state index contributed by atoms with van der Waals surface area (Å²) in [5.41, 5.74) is 3.09. The van der Waals surface area contributed by atoms with Crippen LogP contribution in [0.4, 0.5) is 0 Å². The van der Waals surface area contributed by atoms with Crippen LogP contribution in [-0.2, 0) is 14.9 Å². The van der Waals surface area contributed by atoms with E-state index in [9.17, 15) is 9.90 Å². The Hall–Kier alpha value is -1.35. The van der Waals surface area contributed by atoms with Gasteiger partial charge in [-0.25, -0.2) is 0 Å². The Balaban J connectivity index is 2.48. The summed E-state index contributed by atoms with van der Waals surface area (Å²) in [5, 5.41) is 9.25. The van der Waals surface area contributed by atoms with Crippen LogP contribution >= 0.6 is 0 Å². The molecule has 1 fully saturated rings. The molecule has 1 heterocycles. The zero-order chi connectivity index (χ0) is 12.6. The summed E-state index contributed by atoms with van der Waals surface area (Å²) < 4.78 is 5.30. The number of hydrogen-bond acceptors (Lipinski definition) is 2. The molecule has 0 saturated carbocycles. The molecule has 1 unspecified atom stereocenters. The van der Waals surface area contributed by atoms with Crippen molar-refractivity contribution in [3.63, 3.8) is 0 Å². The standard InChI is InChI=1S/C14H18O3/c1-9-4-5-10(2)12(6-9)14(7-17-8-14)11(3)13(15)16/h4-6,11H,7-8H2,1-3H3,(H,15,16). The molecule has 92 valence electrons. The average molecular weight is 234 g/mol. The topological polar surface area (TPSA) is 46.5 Å². The van der Waals surface area contributed by atoms with E-state index in [2.05, 4.69) is 18.2 Å². The molecule has 17 heavy (non-hydrogen) atoms. The summed E-state index contributed by atoms with van der Waals surface area (Å²) in [6.07, 6.45) is 0. The summed E-state index contributed by atoms with van der Waals surface area (Å²) in [6, 6.07) is 6.20. The Labute approximate surface area is 101 Å². The third kappa shape index (κ3) is 1.84. The van der Waals surface area contributed by atoms with Gasteiger partial charge in [0.05, 0.1) is 24.5 Å². The molecule has 0 amide bonds. The molecule has 0 aliphatic carbocycles. The van der Waals surface area contributed by atoms with Crippen LogP contribution in [-0.4, -0.2) is 24.3 Å². The average Bonchev–Trinajstić information content (AvgIpc) is 2.21. The lowest BCUT2D eigenvalue weighted by Gasteiger charge is -2.45. The van der Waals surface area contributed by atoms with Crippen molar-refractivity contribution in [3.05, 3.63) is 34.9 Å². The molecular weight excluding hydrogens is 216 g/mol. The molecule has 1 aliphatic rings. The predicted molar refractivity (Wildman–Crippen MR) is 65.2 cm³/mol. The minimum atomic E-state index is -0.755. The van der Waals surface area contributed by atoms with E-state index < -0.39 is 11.9 Å². The van der Waals surface area contributed by atoms with Gasteiger partial charge in [0.2, 0.25) is 0 Å². The molecule has 1 N–H and O–H groups in total. The number of aliphatic carboxylic acids is 1. The van der Waals surface area contributed by atoms with Crippen LogP contribution in [0.3, 0.4) is 0 Å². The highest BCUT2D eigenvalue weighted by atomic mass is 16.5. The van der Waals surface area contributed by atoms with Crippen LogP contribution in [0, 0.1) is 19.8 Å². The zero-order valence-electron chi connectivity index (χ0n) is 10.5. The van der Waals surface area contributed by atoms with Crippen molar-refractivity contribution in [2.45, 2.75) is 26.2 Å². The largest absolute Gasteiger partial charge is 0.481 e. The van der Waals surface area contributed by atoms with Gasteiger partial charge in [-0.05, 0) is 25.0 Å². The molecule has 1 aromatic carbocycles. The van der Waals surface area contributed by atoms with Crippen LogP contribution in [0.2, 0.25) is 0 Å². The summed E-state index contributed by atoms with van der Waals surface area (Å²) in [6.45, 7) is 6.84. The van der Waals surface area contributed by atoms with Crippen molar-refractivity contribution >= 4 is 5.97 Å². The first-order chi connectivity index (χ1) is 7.97. The maximum Gasteiger partial charge on any atom is 0.307 e. The molecule has 0 aromatic heterocycles. The third-order valence-corrected chi connectivity index (χ3v) is 3.85. The fraction of sp³-hybridized carbons (Fsp3) is 0.500. The van der Waals surface area contributed by atoms with Crippen molar-refractivity contribution in [1.82, 2.24) is 0 Å². The second kappa shape index (κ2) is 4.15. The highest BCUT2D eigenvalue weighted by Gasteiger charge is 2.48. The Morgan fingerprint density at radius 1 is 1.41 bits per heavy atom. The van der Waals surface area contributed by atoms with Gasteiger partial charge in [-0.2, -0.15) is 0 Å². The number of benzene rings is 1. The summed E-state index contributed by atoms with van der Waals surface area (Å²) in [7, 11) is 0. The SMILES string of the molecule is Cc1ccc(C)c(C2(C(C)C(=O)O)COC2)c1. The molecule has 1 aromatic rings. The minimum Gasteiger partial charge on any atom is -0.481 e. The molecule has 2 rings (SSSR count). The Morgan fingerprint density at radius 2 is 2.06 bits per heavy atom. The van der Waals surface area contributed by atoms with E-state index in [-0.39, 0.29) is 5.41 Å². The number of ether oxygens (including phenoxy) is 1. The number of hydrogen-bond donors (Lipinski definition) is 1. The van der Waals surface area contributed by atoms with E-state index in [0.717, 1.165) is 16.7 Å². The van der Waals surface area contributed by atoms with Gasteiger partial charge >= 0.3 is 5.97 Å². The second-order valence-electron chi connectivity index (χ2n) is 5.03. The Bertz CT molecular complexity index is 447. The van der Waals surface area contributed by atoms with E-state index in [1.807, 2.05) is 13.8 Å². The van der Waals surface area contributed by atoms with Crippen molar-refractivity contribution < 1.29 is 14.6 Å². The van der Waals surface area contributed by atoms with Crippen LogP contribution in [0.5, 0.6) is 0 Å². The van der Waals surface area contributed by atoms with Gasteiger partial charge in [-0.3, -0.25) is 4.79 Å². The first kappa shape index (κ1) is 12.1.